The van der Waals surface area contributed by atoms with Crippen LogP contribution in [0.15, 0.2) is 66.9 Å². The number of nitrogens with one attached hydrogen (secondary N) is 2. The number of rotatable bonds is 8. The Balaban J connectivity index is 0.000000521. The van der Waals surface area contributed by atoms with E-state index in [1.807, 2.05) is 31.2 Å². The number of hydrogen-bond acceptors (Lipinski definition) is 7. The Morgan fingerprint density at radius 1 is 1.05 bits per heavy atom. The molecule has 5 N–H and O–H groups in total. The van der Waals surface area contributed by atoms with Gasteiger partial charge in [-0.15, -0.1) is 0 Å². The Morgan fingerprint density at radius 2 is 1.76 bits per heavy atom. The molecule has 0 saturated carbocycles. The maximum atomic E-state index is 12.9. The fourth-order valence-electron chi connectivity index (χ4n) is 3.22. The fourth-order valence-corrected chi connectivity index (χ4v) is 3.22. The Bertz CT molecular complexity index is 1180. The summed E-state index contributed by atoms with van der Waals surface area (Å²) in [5.41, 5.74) is 4.85. The molecule has 1 heterocycles. The minimum atomic E-state index is -1.26. The van der Waals surface area contributed by atoms with Crippen LogP contribution in [0.4, 0.5) is 10.5 Å². The Hall–Kier alpha value is -4.84. The molecule has 0 saturated heterocycles. The molecule has 1 aliphatic rings. The second kappa shape index (κ2) is 13.9. The first-order chi connectivity index (χ1) is 17.6. The van der Waals surface area contributed by atoms with Gasteiger partial charge in [-0.1, -0.05) is 18.2 Å². The molecule has 0 aliphatic carbocycles. The monoisotopic (exact) mass is 513 g/mol. The number of nitrogens with zero attached hydrogens (tertiary/aromatic N) is 1. The quantitative estimate of drug-likeness (QED) is 0.329. The Labute approximate surface area is 212 Å². The van der Waals surface area contributed by atoms with Gasteiger partial charge in [0.05, 0.1) is 19.8 Å². The molecule has 1 atom stereocenters. The maximum Gasteiger partial charge on any atom is 0.409 e. The van der Waals surface area contributed by atoms with Gasteiger partial charge in [-0.3, -0.25) is 10.1 Å². The number of amides is 2. The molecule has 0 fully saturated rings. The van der Waals surface area contributed by atoms with Crippen LogP contribution in [0.1, 0.15) is 35.3 Å². The van der Waals surface area contributed by atoms with E-state index in [1.165, 1.54) is 11.1 Å². The number of ether oxygens (including phenoxy) is 2. The minimum Gasteiger partial charge on any atom is -0.493 e. The second-order valence-corrected chi connectivity index (χ2v) is 7.34. The third-order valence-electron chi connectivity index (χ3n) is 4.76. The van der Waals surface area contributed by atoms with Gasteiger partial charge in [0.15, 0.2) is 11.5 Å². The number of benzene rings is 2. The minimum absolute atomic E-state index is 0.130. The molecule has 0 spiro atoms. The van der Waals surface area contributed by atoms with E-state index in [4.69, 9.17) is 24.8 Å². The summed E-state index contributed by atoms with van der Waals surface area (Å²) in [5.74, 6) is -1.51. The van der Waals surface area contributed by atoms with Gasteiger partial charge < -0.3 is 24.8 Å². The van der Waals surface area contributed by atoms with Gasteiger partial charge >= 0.3 is 18.0 Å². The summed E-state index contributed by atoms with van der Waals surface area (Å²) in [7, 11) is 1.59. The highest BCUT2D eigenvalue weighted by molar-refractivity contribution is 5.96. The number of carbonyl (C=O) groups excluding carboxylic acids is 1. The summed E-state index contributed by atoms with van der Waals surface area (Å²) in [6, 6.07) is 11.9. The van der Waals surface area contributed by atoms with Crippen molar-refractivity contribution in [3.8, 4) is 11.5 Å². The number of methoxy groups -OCH3 is 1. The highest BCUT2D eigenvalue weighted by Gasteiger charge is 2.23. The van der Waals surface area contributed by atoms with Crippen LogP contribution in [0.3, 0.4) is 0 Å². The molecule has 2 aromatic carbocycles. The predicted molar refractivity (Wildman–Crippen MR) is 132 cm³/mol. The molecule has 1 unspecified atom stereocenters. The Morgan fingerprint density at radius 3 is 2.35 bits per heavy atom. The molecule has 0 bridgehead atoms. The van der Waals surface area contributed by atoms with Crippen molar-refractivity contribution in [1.82, 2.24) is 10.4 Å². The lowest BCUT2D eigenvalue weighted by Crippen LogP contribution is -2.43. The van der Waals surface area contributed by atoms with E-state index in [0.717, 1.165) is 5.56 Å². The molecule has 12 heteroatoms. The fraction of sp³-hybridized carbons (Fsp3) is 0.200. The third kappa shape index (κ3) is 9.03. The van der Waals surface area contributed by atoms with Gasteiger partial charge in [-0.25, -0.2) is 24.8 Å². The predicted octanol–water partition coefficient (Wildman–Crippen LogP) is 3.50. The largest absolute Gasteiger partial charge is 0.493 e. The van der Waals surface area contributed by atoms with Crippen molar-refractivity contribution in [2.24, 2.45) is 0 Å². The van der Waals surface area contributed by atoms with Crippen LogP contribution in [0.5, 0.6) is 11.5 Å². The first-order valence-corrected chi connectivity index (χ1v) is 11.0. The van der Waals surface area contributed by atoms with Gasteiger partial charge in [-0.2, -0.15) is 0 Å². The zero-order valence-electron chi connectivity index (χ0n) is 20.1. The van der Waals surface area contributed by atoms with Crippen molar-refractivity contribution in [2.45, 2.75) is 19.4 Å². The van der Waals surface area contributed by atoms with Gasteiger partial charge in [-0.05, 0) is 49.2 Å². The maximum absolute atomic E-state index is 12.9. The van der Waals surface area contributed by atoms with Crippen molar-refractivity contribution in [1.29, 1.82) is 0 Å². The highest BCUT2D eigenvalue weighted by Crippen LogP contribution is 2.32. The average molecular weight is 514 g/mol. The van der Waals surface area contributed by atoms with Crippen LogP contribution in [0, 0.1) is 0 Å². The number of anilines is 1. The molecular formula is C25H27N3O9. The van der Waals surface area contributed by atoms with E-state index in [0.29, 0.717) is 47.9 Å². The van der Waals surface area contributed by atoms with E-state index >= 15 is 0 Å². The van der Waals surface area contributed by atoms with Crippen molar-refractivity contribution >= 4 is 29.6 Å². The lowest BCUT2D eigenvalue weighted by molar-refractivity contribution is -0.134. The zero-order chi connectivity index (χ0) is 27.4. The second-order valence-electron chi connectivity index (χ2n) is 7.34. The summed E-state index contributed by atoms with van der Waals surface area (Å²) in [4.78, 5) is 42.8. The summed E-state index contributed by atoms with van der Waals surface area (Å²) < 4.78 is 11.0. The van der Waals surface area contributed by atoms with E-state index in [9.17, 15) is 19.2 Å². The smallest absolute Gasteiger partial charge is 0.409 e. The molecule has 37 heavy (non-hydrogen) atoms. The molecule has 0 aromatic heterocycles. The van der Waals surface area contributed by atoms with Crippen molar-refractivity contribution in [2.75, 3.05) is 19.0 Å². The molecule has 2 aromatic rings. The van der Waals surface area contributed by atoms with E-state index in [2.05, 4.69) is 10.7 Å². The van der Waals surface area contributed by atoms with Crippen LogP contribution >= 0.6 is 0 Å². The molecule has 196 valence electrons. The van der Waals surface area contributed by atoms with Crippen LogP contribution in [0.25, 0.3) is 0 Å². The number of hydrogen-bond donors (Lipinski definition) is 5. The molecule has 1 aliphatic heterocycles. The molecular weight excluding hydrogens is 486 g/mol. The standard InChI is InChI=1S/C21H23N3O5.C4H4O4/c1-3-29-19-13-14(9-10-18(19)28-2)17-8-5-11-24(23-17)20(25)15-6-4-7-16(12-15)22-21(26)27;5-3(6)1-2-4(7)8/h4-7,9-13,17,22-23H,3,8H2,1-2H3,(H,26,27);1-2H,(H,5,6)(H,7,8). The van der Waals surface area contributed by atoms with Crippen molar-refractivity contribution in [3.05, 3.63) is 78.0 Å². The summed E-state index contributed by atoms with van der Waals surface area (Å²) in [6.45, 7) is 2.42. The number of carbonyl (C=O) groups is 4. The van der Waals surface area contributed by atoms with Crippen LogP contribution < -0.4 is 20.2 Å². The van der Waals surface area contributed by atoms with Crippen LogP contribution in [-0.2, 0) is 9.59 Å². The van der Waals surface area contributed by atoms with E-state index in [1.54, 1.807) is 31.5 Å². The SMILES string of the molecule is CCOc1cc(C2CC=CN(C(=O)c3cccc(NC(=O)O)c3)N2)ccc1OC.O=C(O)C=CC(=O)O. The molecule has 3 rings (SSSR count). The summed E-state index contributed by atoms with van der Waals surface area (Å²) in [5, 5.41) is 28.1. The van der Waals surface area contributed by atoms with Gasteiger partial charge in [0, 0.05) is 29.6 Å². The van der Waals surface area contributed by atoms with Crippen molar-refractivity contribution < 1.29 is 44.0 Å². The normalized spacial score (nSPS) is 14.3. The van der Waals surface area contributed by atoms with Crippen molar-refractivity contribution in [3.63, 3.8) is 0 Å². The molecule has 2 amide bonds. The van der Waals surface area contributed by atoms with Crippen LogP contribution in [-0.4, -0.2) is 58.0 Å². The molecule has 12 nitrogen and oxygen atoms in total. The van der Waals surface area contributed by atoms with Crippen LogP contribution in [0.2, 0.25) is 0 Å². The third-order valence-corrected chi connectivity index (χ3v) is 4.76. The van der Waals surface area contributed by atoms with Gasteiger partial charge in [0.2, 0.25) is 0 Å². The number of aliphatic carboxylic acids is 2. The summed E-state index contributed by atoms with van der Waals surface area (Å²) in [6.07, 6.45) is 4.20. The van der Waals surface area contributed by atoms with E-state index < -0.39 is 18.0 Å². The lowest BCUT2D eigenvalue weighted by Gasteiger charge is -2.30. The first kappa shape index (κ1) is 28.4. The highest BCUT2D eigenvalue weighted by atomic mass is 16.5. The van der Waals surface area contributed by atoms with Gasteiger partial charge in [0.25, 0.3) is 5.91 Å². The van der Waals surface area contributed by atoms with E-state index in [-0.39, 0.29) is 11.9 Å². The first-order valence-electron chi connectivity index (χ1n) is 11.0. The number of hydrazine groups is 1. The number of carboxylic acid groups (broad SMARTS) is 3. The topological polar surface area (TPSA) is 175 Å². The summed E-state index contributed by atoms with van der Waals surface area (Å²) >= 11 is 0. The molecule has 0 radical (unpaired) electrons. The number of carboxylic acids is 2. The Kier molecular flexibility index (Phi) is 10.7. The van der Waals surface area contributed by atoms with Gasteiger partial charge in [0.1, 0.15) is 0 Å². The zero-order valence-corrected chi connectivity index (χ0v) is 20.1. The average Bonchev–Trinajstić information content (AvgIpc) is 2.87. The lowest BCUT2D eigenvalue weighted by atomic mass is 10.0.